The summed E-state index contributed by atoms with van der Waals surface area (Å²) in [6.45, 7) is 3.95. The number of carbonyl (C=O) groups is 2. The van der Waals surface area contributed by atoms with Gasteiger partial charge in [-0.15, -0.1) is 0 Å². The van der Waals surface area contributed by atoms with Gasteiger partial charge >= 0.3 is 5.97 Å². The number of nitrogens with zero attached hydrogens (tertiary/aromatic N) is 3. The Hall–Kier alpha value is -3.23. The van der Waals surface area contributed by atoms with Crippen LogP contribution in [0.3, 0.4) is 0 Å². The molecule has 1 aliphatic rings. The molecule has 0 aliphatic carbocycles. The molecule has 1 saturated heterocycles. The summed E-state index contributed by atoms with van der Waals surface area (Å²) in [5.74, 6) is 0.314. The summed E-state index contributed by atoms with van der Waals surface area (Å²) in [7, 11) is 0. The van der Waals surface area contributed by atoms with Gasteiger partial charge in [-0.25, -0.2) is 4.79 Å². The molecule has 2 heterocycles. The highest BCUT2D eigenvalue weighted by Crippen LogP contribution is 2.23. The normalized spacial score (nSPS) is 16.4. The van der Waals surface area contributed by atoms with Crippen molar-refractivity contribution in [3.05, 3.63) is 65.0 Å². The van der Waals surface area contributed by atoms with E-state index >= 15 is 0 Å². The van der Waals surface area contributed by atoms with Crippen LogP contribution in [-0.4, -0.2) is 46.6 Å². The molecule has 8 nitrogen and oxygen atoms in total. The van der Waals surface area contributed by atoms with Gasteiger partial charge in [-0.1, -0.05) is 35.0 Å². The number of hydrogen-bond donors (Lipinski definition) is 1. The van der Waals surface area contributed by atoms with Crippen molar-refractivity contribution in [2.75, 3.05) is 25.0 Å². The number of anilines is 1. The molecule has 0 radical (unpaired) electrons. The summed E-state index contributed by atoms with van der Waals surface area (Å²) >= 11 is 6.04. The minimum atomic E-state index is -0.408. The third-order valence-corrected chi connectivity index (χ3v) is 5.66. The van der Waals surface area contributed by atoms with Crippen LogP contribution in [0, 0.1) is 5.92 Å². The van der Waals surface area contributed by atoms with E-state index in [1.165, 1.54) is 0 Å². The Kier molecular flexibility index (Phi) is 7.36. The van der Waals surface area contributed by atoms with Crippen molar-refractivity contribution in [2.45, 2.75) is 26.3 Å². The van der Waals surface area contributed by atoms with E-state index in [0.717, 1.165) is 24.9 Å². The topological polar surface area (TPSA) is 97.6 Å². The summed E-state index contributed by atoms with van der Waals surface area (Å²) in [6.07, 6.45) is 1.67. The molecule has 0 saturated carbocycles. The predicted molar refractivity (Wildman–Crippen MR) is 124 cm³/mol. The van der Waals surface area contributed by atoms with Crippen LogP contribution in [0.1, 0.15) is 36.0 Å². The Morgan fingerprint density at radius 3 is 2.91 bits per heavy atom. The summed E-state index contributed by atoms with van der Waals surface area (Å²) in [5.41, 5.74) is 1.77. The first-order valence-electron chi connectivity index (χ1n) is 10.9. The second-order valence-corrected chi connectivity index (χ2v) is 8.32. The first-order chi connectivity index (χ1) is 16.0. The lowest BCUT2D eigenvalue weighted by Gasteiger charge is -2.30. The van der Waals surface area contributed by atoms with Crippen LogP contribution in [0.2, 0.25) is 5.02 Å². The highest BCUT2D eigenvalue weighted by Gasteiger charge is 2.27. The van der Waals surface area contributed by atoms with Crippen molar-refractivity contribution in [1.82, 2.24) is 15.0 Å². The maximum absolute atomic E-state index is 12.9. The van der Waals surface area contributed by atoms with Crippen LogP contribution >= 0.6 is 11.6 Å². The Morgan fingerprint density at radius 2 is 2.09 bits per heavy atom. The fourth-order valence-electron chi connectivity index (χ4n) is 3.85. The van der Waals surface area contributed by atoms with E-state index in [-0.39, 0.29) is 11.8 Å². The minimum Gasteiger partial charge on any atom is -0.462 e. The summed E-state index contributed by atoms with van der Waals surface area (Å²) in [6, 6.07) is 14.1. The lowest BCUT2D eigenvalue weighted by Crippen LogP contribution is -2.40. The molecule has 1 amide bonds. The van der Waals surface area contributed by atoms with E-state index in [1.54, 1.807) is 43.3 Å². The molecule has 0 spiro atoms. The van der Waals surface area contributed by atoms with Crippen molar-refractivity contribution in [3.8, 4) is 11.4 Å². The van der Waals surface area contributed by atoms with Crippen LogP contribution in [-0.2, 0) is 16.1 Å². The summed E-state index contributed by atoms with van der Waals surface area (Å²) < 4.78 is 10.4. The van der Waals surface area contributed by atoms with Gasteiger partial charge in [0.1, 0.15) is 0 Å². The fourth-order valence-corrected chi connectivity index (χ4v) is 4.04. The van der Waals surface area contributed by atoms with Crippen LogP contribution in [0.15, 0.2) is 53.1 Å². The molecule has 1 aliphatic heterocycles. The zero-order valence-corrected chi connectivity index (χ0v) is 19.0. The van der Waals surface area contributed by atoms with Crippen LogP contribution in [0.25, 0.3) is 11.4 Å². The molecule has 2 aromatic carbocycles. The molecule has 172 valence electrons. The molecule has 1 unspecified atom stereocenters. The van der Waals surface area contributed by atoms with Crippen molar-refractivity contribution in [2.24, 2.45) is 5.92 Å². The second-order valence-electron chi connectivity index (χ2n) is 7.89. The third kappa shape index (κ3) is 5.97. The fraction of sp³-hybridized carbons (Fsp3) is 0.333. The maximum Gasteiger partial charge on any atom is 0.338 e. The average molecular weight is 469 g/mol. The monoisotopic (exact) mass is 468 g/mol. The minimum absolute atomic E-state index is 0.0779. The number of benzene rings is 2. The Bertz CT molecular complexity index is 1130. The summed E-state index contributed by atoms with van der Waals surface area (Å²) in [5, 5.41) is 7.59. The van der Waals surface area contributed by atoms with Crippen LogP contribution in [0.5, 0.6) is 0 Å². The van der Waals surface area contributed by atoms with Gasteiger partial charge in [-0.2, -0.15) is 4.98 Å². The average Bonchev–Trinajstić information content (AvgIpc) is 3.28. The molecule has 1 N–H and O–H groups in total. The zero-order valence-electron chi connectivity index (χ0n) is 18.3. The first-order valence-corrected chi connectivity index (χ1v) is 11.3. The number of hydrogen-bond acceptors (Lipinski definition) is 7. The number of ether oxygens (including phenoxy) is 1. The van der Waals surface area contributed by atoms with E-state index in [0.29, 0.717) is 47.7 Å². The van der Waals surface area contributed by atoms with Gasteiger partial charge in [-0.05, 0) is 56.6 Å². The van der Waals surface area contributed by atoms with E-state index < -0.39 is 5.97 Å². The Balaban J connectivity index is 1.35. The molecule has 1 fully saturated rings. The predicted octanol–water partition coefficient (Wildman–Crippen LogP) is 4.42. The number of rotatable bonds is 7. The smallest absolute Gasteiger partial charge is 0.338 e. The molecule has 33 heavy (non-hydrogen) atoms. The van der Waals surface area contributed by atoms with Gasteiger partial charge in [0.2, 0.25) is 17.6 Å². The van der Waals surface area contributed by atoms with Gasteiger partial charge in [0.15, 0.2) is 0 Å². The Morgan fingerprint density at radius 1 is 1.24 bits per heavy atom. The number of piperidine rings is 1. The van der Waals surface area contributed by atoms with E-state index in [1.807, 2.05) is 12.1 Å². The van der Waals surface area contributed by atoms with Crippen molar-refractivity contribution in [1.29, 1.82) is 0 Å². The van der Waals surface area contributed by atoms with Gasteiger partial charge in [-0.3, -0.25) is 9.69 Å². The number of amides is 1. The van der Waals surface area contributed by atoms with E-state index in [2.05, 4.69) is 20.4 Å². The lowest BCUT2D eigenvalue weighted by molar-refractivity contribution is -0.121. The molecule has 4 rings (SSSR count). The Labute approximate surface area is 196 Å². The van der Waals surface area contributed by atoms with Crippen molar-refractivity contribution < 1.29 is 18.8 Å². The van der Waals surface area contributed by atoms with E-state index in [4.69, 9.17) is 20.9 Å². The number of carbonyl (C=O) groups excluding carboxylic acids is 2. The van der Waals surface area contributed by atoms with Gasteiger partial charge in [0, 0.05) is 22.8 Å². The molecule has 3 aromatic rings. The first kappa shape index (κ1) is 22.9. The van der Waals surface area contributed by atoms with Crippen molar-refractivity contribution in [3.63, 3.8) is 0 Å². The SMILES string of the molecule is CCOC(=O)c1cccc(NC(=O)C2CCCN(Cc3nc(-c4cccc(Cl)c4)no3)C2)c1. The van der Waals surface area contributed by atoms with Gasteiger partial charge < -0.3 is 14.6 Å². The lowest BCUT2D eigenvalue weighted by atomic mass is 9.97. The quantitative estimate of drug-likeness (QED) is 0.512. The zero-order chi connectivity index (χ0) is 23.2. The number of halogens is 1. The number of esters is 1. The largest absolute Gasteiger partial charge is 0.462 e. The standard InChI is InChI=1S/C24H25ClN4O4/c1-2-32-24(31)17-7-4-10-20(13-17)26-23(30)18-8-5-11-29(14-18)15-21-27-22(28-33-21)16-6-3-9-19(25)12-16/h3-4,6-7,9-10,12-13,18H,2,5,8,11,14-15H2,1H3,(H,26,30). The highest BCUT2D eigenvalue weighted by molar-refractivity contribution is 6.30. The molecule has 1 atom stereocenters. The van der Waals surface area contributed by atoms with Crippen LogP contribution in [0.4, 0.5) is 5.69 Å². The molecular formula is C24H25ClN4O4. The summed E-state index contributed by atoms with van der Waals surface area (Å²) in [4.78, 5) is 31.4. The third-order valence-electron chi connectivity index (χ3n) is 5.43. The molecular weight excluding hydrogens is 444 g/mol. The van der Waals surface area contributed by atoms with Gasteiger partial charge in [0.05, 0.1) is 24.6 Å². The number of likely N-dealkylation sites (tertiary alicyclic amines) is 1. The maximum atomic E-state index is 12.9. The second kappa shape index (κ2) is 10.6. The molecule has 9 heteroatoms. The molecule has 0 bridgehead atoms. The van der Waals surface area contributed by atoms with Crippen LogP contribution < -0.4 is 5.32 Å². The van der Waals surface area contributed by atoms with E-state index in [9.17, 15) is 9.59 Å². The van der Waals surface area contributed by atoms with Crippen molar-refractivity contribution >= 4 is 29.2 Å². The molecule has 1 aromatic heterocycles. The number of aromatic nitrogens is 2. The number of nitrogens with one attached hydrogen (secondary N) is 1. The highest BCUT2D eigenvalue weighted by atomic mass is 35.5. The van der Waals surface area contributed by atoms with Gasteiger partial charge in [0.25, 0.3) is 0 Å².